The van der Waals surface area contributed by atoms with Crippen molar-refractivity contribution >= 4 is 17.8 Å². The van der Waals surface area contributed by atoms with Gasteiger partial charge in [0.1, 0.15) is 23.7 Å². The molecular formula is C31H40N4O5. The van der Waals surface area contributed by atoms with Crippen LogP contribution in [0.25, 0.3) is 0 Å². The maximum Gasteiger partial charge on any atom is 0.251 e. The van der Waals surface area contributed by atoms with E-state index < -0.39 is 23.2 Å². The zero-order chi connectivity index (χ0) is 28.7. The normalized spacial score (nSPS) is 27.0. The molecule has 5 rings (SSSR count). The van der Waals surface area contributed by atoms with Crippen LogP contribution in [0.3, 0.4) is 0 Å². The Morgan fingerprint density at radius 2 is 1.85 bits per heavy atom. The number of hydrogen-bond donors (Lipinski definition) is 3. The van der Waals surface area contributed by atoms with E-state index in [2.05, 4.69) is 12.2 Å². The molecule has 3 aliphatic heterocycles. The first-order chi connectivity index (χ1) is 19.1. The van der Waals surface area contributed by atoms with E-state index in [0.29, 0.717) is 35.7 Å². The van der Waals surface area contributed by atoms with Gasteiger partial charge in [0.15, 0.2) is 5.96 Å². The average Bonchev–Trinajstić information content (AvgIpc) is 2.94. The number of aliphatic imine (C=N–C) groups is 1. The Hall–Kier alpha value is -3.59. The van der Waals surface area contributed by atoms with Crippen LogP contribution in [0.1, 0.15) is 93.4 Å². The predicted octanol–water partition coefficient (Wildman–Crippen LogP) is 4.26. The summed E-state index contributed by atoms with van der Waals surface area (Å²) in [5.41, 5.74) is 6.61. The summed E-state index contributed by atoms with van der Waals surface area (Å²) in [4.78, 5) is 33.8. The van der Waals surface area contributed by atoms with Crippen LogP contribution in [0.5, 0.6) is 11.5 Å². The van der Waals surface area contributed by atoms with Crippen LogP contribution in [-0.4, -0.2) is 52.1 Å². The Bertz CT molecular complexity index is 1320. The molecular weight excluding hydrogens is 508 g/mol. The molecule has 0 aromatic heterocycles. The van der Waals surface area contributed by atoms with Crippen molar-refractivity contribution in [3.05, 3.63) is 59.2 Å². The van der Waals surface area contributed by atoms with E-state index in [1.807, 2.05) is 38.1 Å². The molecule has 0 bridgehead atoms. The number of nitrogens with two attached hydrogens (primary N) is 1. The molecule has 2 amide bonds. The molecule has 0 radical (unpaired) electrons. The van der Waals surface area contributed by atoms with E-state index >= 15 is 0 Å². The van der Waals surface area contributed by atoms with Crippen molar-refractivity contribution in [2.45, 2.75) is 83.0 Å². The van der Waals surface area contributed by atoms with Gasteiger partial charge in [0.25, 0.3) is 5.91 Å². The van der Waals surface area contributed by atoms with Crippen molar-refractivity contribution in [1.29, 1.82) is 0 Å². The first-order valence-corrected chi connectivity index (χ1v) is 14.3. The number of guanidine groups is 1. The fourth-order valence-corrected chi connectivity index (χ4v) is 6.28. The summed E-state index contributed by atoms with van der Waals surface area (Å²) >= 11 is 0. The van der Waals surface area contributed by atoms with E-state index in [-0.39, 0.29) is 30.3 Å². The highest BCUT2D eigenvalue weighted by molar-refractivity contribution is 6.00. The molecule has 9 heteroatoms. The third kappa shape index (κ3) is 4.91. The first-order valence-electron chi connectivity index (χ1n) is 14.3. The number of benzene rings is 2. The number of carbonyl (C=O) groups excluding carboxylic acids is 2. The maximum atomic E-state index is 13.7. The van der Waals surface area contributed by atoms with Gasteiger partial charge < -0.3 is 25.6 Å². The molecule has 214 valence electrons. The molecule has 0 unspecified atom stereocenters. The second-order valence-electron chi connectivity index (χ2n) is 11.5. The molecule has 2 aromatic carbocycles. The zero-order valence-electron chi connectivity index (χ0n) is 23.8. The van der Waals surface area contributed by atoms with Gasteiger partial charge >= 0.3 is 0 Å². The van der Waals surface area contributed by atoms with E-state index in [1.165, 1.54) is 0 Å². The minimum absolute atomic E-state index is 0.00707. The Balaban J connectivity index is 1.51. The van der Waals surface area contributed by atoms with Crippen LogP contribution in [-0.2, 0) is 4.79 Å². The van der Waals surface area contributed by atoms with Crippen molar-refractivity contribution in [2.75, 3.05) is 13.2 Å². The highest BCUT2D eigenvalue weighted by atomic mass is 16.5. The molecule has 3 aliphatic rings. The average molecular weight is 549 g/mol. The summed E-state index contributed by atoms with van der Waals surface area (Å²) in [6.45, 7) is 8.32. The second kappa shape index (κ2) is 10.8. The Morgan fingerprint density at radius 1 is 1.12 bits per heavy atom. The van der Waals surface area contributed by atoms with Crippen LogP contribution in [0.2, 0.25) is 0 Å². The van der Waals surface area contributed by atoms with Crippen molar-refractivity contribution in [3.63, 3.8) is 0 Å². The summed E-state index contributed by atoms with van der Waals surface area (Å²) in [5, 5.41) is 14.1. The van der Waals surface area contributed by atoms with Crippen molar-refractivity contribution < 1.29 is 24.2 Å². The minimum Gasteiger partial charge on any atom is -0.493 e. The van der Waals surface area contributed by atoms with Crippen LogP contribution in [0, 0.1) is 5.92 Å². The van der Waals surface area contributed by atoms with Crippen LogP contribution in [0.15, 0.2) is 47.5 Å². The Morgan fingerprint density at radius 3 is 2.55 bits per heavy atom. The highest BCUT2D eigenvalue weighted by Crippen LogP contribution is 2.44. The predicted molar refractivity (Wildman–Crippen MR) is 152 cm³/mol. The molecule has 40 heavy (non-hydrogen) atoms. The van der Waals surface area contributed by atoms with Gasteiger partial charge in [-0.2, -0.15) is 0 Å². The van der Waals surface area contributed by atoms with E-state index in [0.717, 1.165) is 31.2 Å². The number of ether oxygens (including phenoxy) is 2. The van der Waals surface area contributed by atoms with Crippen LogP contribution < -0.4 is 20.5 Å². The third-order valence-corrected chi connectivity index (χ3v) is 8.74. The first kappa shape index (κ1) is 28.0. The number of fused-ring (bicyclic) bond motifs is 2. The smallest absolute Gasteiger partial charge is 0.251 e. The molecule has 4 N–H and O–H groups in total. The molecule has 0 spiro atoms. The summed E-state index contributed by atoms with van der Waals surface area (Å²) < 4.78 is 11.8. The van der Waals surface area contributed by atoms with Crippen molar-refractivity contribution in [2.24, 2.45) is 16.6 Å². The molecule has 3 heterocycles. The van der Waals surface area contributed by atoms with Gasteiger partial charge in [-0.1, -0.05) is 45.4 Å². The van der Waals surface area contributed by atoms with Crippen LogP contribution >= 0.6 is 0 Å². The maximum absolute atomic E-state index is 13.7. The number of rotatable bonds is 7. The van der Waals surface area contributed by atoms with Gasteiger partial charge in [0, 0.05) is 22.6 Å². The molecule has 0 fully saturated rings. The number of nitrogens with one attached hydrogen (secondary N) is 1. The molecule has 9 nitrogen and oxygen atoms in total. The molecule has 0 aliphatic carbocycles. The lowest BCUT2D eigenvalue weighted by Gasteiger charge is -2.44. The summed E-state index contributed by atoms with van der Waals surface area (Å²) in [6, 6.07) is 11.6. The summed E-state index contributed by atoms with van der Waals surface area (Å²) in [6.07, 6.45) is 3.49. The zero-order valence-corrected chi connectivity index (χ0v) is 23.8. The Kier molecular flexibility index (Phi) is 7.52. The number of nitrogens with zero attached hydrogens (tertiary/aromatic N) is 2. The molecule has 0 saturated carbocycles. The number of aliphatic hydroxyl groups is 1. The van der Waals surface area contributed by atoms with Gasteiger partial charge in [0.05, 0.1) is 30.7 Å². The van der Waals surface area contributed by atoms with E-state index in [1.54, 1.807) is 30.0 Å². The second-order valence-corrected chi connectivity index (χ2v) is 11.5. The lowest BCUT2D eigenvalue weighted by atomic mass is 9.83. The summed E-state index contributed by atoms with van der Waals surface area (Å²) in [7, 11) is 0. The largest absolute Gasteiger partial charge is 0.493 e. The lowest BCUT2D eigenvalue weighted by Crippen LogP contribution is -2.55. The van der Waals surface area contributed by atoms with Crippen LogP contribution in [0.4, 0.5) is 0 Å². The van der Waals surface area contributed by atoms with Gasteiger partial charge in [-0.05, 0) is 50.5 Å². The number of para-hydroxylation sites is 1. The van der Waals surface area contributed by atoms with Gasteiger partial charge in [0.2, 0.25) is 5.91 Å². The van der Waals surface area contributed by atoms with Crippen molar-refractivity contribution in [3.8, 4) is 11.5 Å². The minimum atomic E-state index is -1.30. The quantitative estimate of drug-likeness (QED) is 0.475. The molecule has 0 saturated heterocycles. The molecule has 4 atom stereocenters. The summed E-state index contributed by atoms with van der Waals surface area (Å²) in [5.74, 6) is 1.08. The SMILES string of the molecule is CCC[C@H]1COc2ccc(C(=O)N[C@@H]3c4ccccc4OC[C@@]3(C)O)cc2[C@@H]1N1C(=O)CC(CC)(CC)N=C1N. The monoisotopic (exact) mass is 548 g/mol. The molecule has 2 aromatic rings. The third-order valence-electron chi connectivity index (χ3n) is 8.74. The standard InChI is InChI=1S/C31H40N4O5/c1-5-10-20-17-39-24-14-13-19(28(37)33-27-21-11-8-9-12-23(21)40-18-30(27,4)38)15-22(24)26(20)35-25(36)16-31(6-2,7-3)34-29(35)32/h8-9,11-15,20,26-27,38H,5-7,10,16-18H2,1-4H3,(H2,32,34)(H,33,37)/t20-,26+,27+,30+/m0/s1. The number of carbonyl (C=O) groups is 2. The van der Waals surface area contributed by atoms with E-state index in [9.17, 15) is 14.7 Å². The Labute approximate surface area is 235 Å². The topological polar surface area (TPSA) is 126 Å². The lowest BCUT2D eigenvalue weighted by molar-refractivity contribution is -0.133. The van der Waals surface area contributed by atoms with Gasteiger partial charge in [-0.3, -0.25) is 14.5 Å². The number of amides is 2. The van der Waals surface area contributed by atoms with Gasteiger partial charge in [-0.25, -0.2) is 4.99 Å². The van der Waals surface area contributed by atoms with E-state index in [4.69, 9.17) is 20.2 Å². The fourth-order valence-electron chi connectivity index (χ4n) is 6.28. The van der Waals surface area contributed by atoms with Gasteiger partial charge in [-0.15, -0.1) is 0 Å². The fraction of sp³-hybridized carbons (Fsp3) is 0.516. The van der Waals surface area contributed by atoms with Crippen molar-refractivity contribution in [1.82, 2.24) is 10.2 Å². The highest BCUT2D eigenvalue weighted by Gasteiger charge is 2.45. The number of hydrogen-bond acceptors (Lipinski definition) is 7.